The van der Waals surface area contributed by atoms with Gasteiger partial charge in [0.1, 0.15) is 5.82 Å². The molecule has 30 heavy (non-hydrogen) atoms. The van der Waals surface area contributed by atoms with Gasteiger partial charge in [0.25, 0.3) is 5.91 Å². The van der Waals surface area contributed by atoms with Gasteiger partial charge in [0.05, 0.1) is 27.3 Å². The standard InChI is InChI=1S/C21H21N5O3S/c1-12-4-6-16(13-5-7-17-15(9-13)24-11-30-17)26(10-12)21(29)20(28)25-19-14(18(22)27)3-2-8-23-19/h2-3,5,7-9,11-12,16H,4,6,10H2,1H3,(H2,22,27)(H,23,25,28)/t12-,16+/m0/s1. The molecule has 1 fully saturated rings. The van der Waals surface area contributed by atoms with E-state index in [-0.39, 0.29) is 23.3 Å². The molecular formula is C21H21N5O3S. The summed E-state index contributed by atoms with van der Waals surface area (Å²) in [4.78, 5) is 47.3. The summed E-state index contributed by atoms with van der Waals surface area (Å²) in [6.45, 7) is 2.53. The van der Waals surface area contributed by atoms with Gasteiger partial charge in [-0.25, -0.2) is 9.97 Å². The average molecular weight is 423 g/mol. The third-order valence-electron chi connectivity index (χ3n) is 5.32. The van der Waals surface area contributed by atoms with E-state index in [1.54, 1.807) is 21.7 Å². The number of nitrogens with two attached hydrogens (primary N) is 1. The van der Waals surface area contributed by atoms with Crippen molar-refractivity contribution in [2.24, 2.45) is 11.7 Å². The highest BCUT2D eigenvalue weighted by Crippen LogP contribution is 2.35. The predicted octanol–water partition coefficient (Wildman–Crippen LogP) is 2.73. The summed E-state index contributed by atoms with van der Waals surface area (Å²) in [5, 5.41) is 2.45. The number of piperidine rings is 1. The first-order valence-corrected chi connectivity index (χ1v) is 10.5. The molecule has 2 atom stereocenters. The van der Waals surface area contributed by atoms with Gasteiger partial charge >= 0.3 is 11.8 Å². The lowest BCUT2D eigenvalue weighted by Gasteiger charge is -2.38. The van der Waals surface area contributed by atoms with Crippen LogP contribution in [0.3, 0.4) is 0 Å². The molecule has 0 unspecified atom stereocenters. The van der Waals surface area contributed by atoms with E-state index in [2.05, 4.69) is 22.2 Å². The normalized spacial score (nSPS) is 18.9. The second kappa shape index (κ2) is 8.19. The monoisotopic (exact) mass is 423 g/mol. The number of carbonyl (C=O) groups is 3. The van der Waals surface area contributed by atoms with E-state index in [0.29, 0.717) is 6.54 Å². The molecule has 0 aliphatic carbocycles. The minimum atomic E-state index is -0.843. The second-order valence-corrected chi connectivity index (χ2v) is 8.34. The number of amides is 3. The molecule has 1 saturated heterocycles. The van der Waals surface area contributed by atoms with E-state index in [4.69, 9.17) is 5.73 Å². The zero-order valence-corrected chi connectivity index (χ0v) is 17.2. The van der Waals surface area contributed by atoms with Crippen LogP contribution in [0, 0.1) is 5.92 Å². The first kappa shape index (κ1) is 20.0. The molecule has 1 aliphatic heterocycles. The van der Waals surface area contributed by atoms with Gasteiger partial charge in [-0.15, -0.1) is 11.3 Å². The van der Waals surface area contributed by atoms with E-state index in [9.17, 15) is 14.4 Å². The predicted molar refractivity (Wildman–Crippen MR) is 114 cm³/mol. The van der Waals surface area contributed by atoms with Crippen molar-refractivity contribution >= 4 is 45.1 Å². The summed E-state index contributed by atoms with van der Waals surface area (Å²) in [5.41, 5.74) is 9.01. The van der Waals surface area contributed by atoms with Crippen LogP contribution in [0.1, 0.15) is 41.7 Å². The van der Waals surface area contributed by atoms with Crippen LogP contribution in [0.2, 0.25) is 0 Å². The largest absolute Gasteiger partial charge is 0.365 e. The minimum absolute atomic E-state index is 0.0196. The first-order chi connectivity index (χ1) is 14.4. The third kappa shape index (κ3) is 3.88. The first-order valence-electron chi connectivity index (χ1n) is 9.64. The van der Waals surface area contributed by atoms with Gasteiger partial charge in [-0.1, -0.05) is 13.0 Å². The Morgan fingerprint density at radius 2 is 2.03 bits per heavy atom. The fourth-order valence-corrected chi connectivity index (χ4v) is 4.46. The molecule has 3 N–H and O–H groups in total. The Morgan fingerprint density at radius 3 is 2.83 bits per heavy atom. The summed E-state index contributed by atoms with van der Waals surface area (Å²) in [6, 6.07) is 8.73. The highest BCUT2D eigenvalue weighted by Gasteiger charge is 2.34. The van der Waals surface area contributed by atoms with Crippen molar-refractivity contribution in [2.45, 2.75) is 25.8 Å². The Kier molecular flexibility index (Phi) is 5.45. The number of carbonyl (C=O) groups excluding carboxylic acids is 3. The van der Waals surface area contributed by atoms with Crippen LogP contribution >= 0.6 is 11.3 Å². The Bertz CT molecular complexity index is 1130. The van der Waals surface area contributed by atoms with E-state index in [1.165, 1.54) is 18.3 Å². The van der Waals surface area contributed by atoms with Crippen molar-refractivity contribution in [3.63, 3.8) is 0 Å². The van der Waals surface area contributed by atoms with E-state index in [0.717, 1.165) is 28.6 Å². The van der Waals surface area contributed by atoms with E-state index >= 15 is 0 Å². The molecule has 1 aliphatic rings. The van der Waals surface area contributed by atoms with Gasteiger partial charge in [0.2, 0.25) is 0 Å². The maximum atomic E-state index is 13.1. The molecule has 3 heterocycles. The molecule has 3 amide bonds. The van der Waals surface area contributed by atoms with Crippen LogP contribution in [0.4, 0.5) is 5.82 Å². The van der Waals surface area contributed by atoms with Crippen molar-refractivity contribution in [2.75, 3.05) is 11.9 Å². The number of nitrogens with one attached hydrogen (secondary N) is 1. The van der Waals surface area contributed by atoms with Crippen molar-refractivity contribution < 1.29 is 14.4 Å². The smallest absolute Gasteiger partial charge is 0.315 e. The molecule has 9 heteroatoms. The number of likely N-dealkylation sites (tertiary alicyclic amines) is 1. The summed E-state index contributed by atoms with van der Waals surface area (Å²) >= 11 is 1.56. The number of rotatable bonds is 3. The van der Waals surface area contributed by atoms with Gasteiger partial charge < -0.3 is 16.0 Å². The number of fused-ring (bicyclic) bond motifs is 1. The van der Waals surface area contributed by atoms with Crippen LogP contribution in [0.15, 0.2) is 42.0 Å². The number of thiazole rings is 1. The molecule has 8 nitrogen and oxygen atoms in total. The number of hydrogen-bond donors (Lipinski definition) is 2. The molecule has 0 saturated carbocycles. The highest BCUT2D eigenvalue weighted by molar-refractivity contribution is 7.16. The van der Waals surface area contributed by atoms with Crippen LogP contribution in [0.25, 0.3) is 10.2 Å². The Hall–Kier alpha value is -3.33. The minimum Gasteiger partial charge on any atom is -0.365 e. The average Bonchev–Trinajstić information content (AvgIpc) is 3.21. The quantitative estimate of drug-likeness (QED) is 0.628. The number of anilines is 1. The summed E-state index contributed by atoms with van der Waals surface area (Å²) < 4.78 is 1.08. The third-order valence-corrected chi connectivity index (χ3v) is 6.13. The van der Waals surface area contributed by atoms with Crippen LogP contribution in [-0.2, 0) is 9.59 Å². The maximum Gasteiger partial charge on any atom is 0.315 e. The van der Waals surface area contributed by atoms with Gasteiger partial charge in [-0.3, -0.25) is 14.4 Å². The topological polar surface area (TPSA) is 118 Å². The second-order valence-electron chi connectivity index (χ2n) is 7.45. The summed E-state index contributed by atoms with van der Waals surface area (Å²) in [6.07, 6.45) is 3.13. The van der Waals surface area contributed by atoms with Gasteiger partial charge in [-0.2, -0.15) is 0 Å². The maximum absolute atomic E-state index is 13.1. The highest BCUT2D eigenvalue weighted by atomic mass is 32.1. The molecular weight excluding hydrogens is 402 g/mol. The molecule has 154 valence electrons. The Morgan fingerprint density at radius 1 is 1.20 bits per heavy atom. The SMILES string of the molecule is C[C@H]1CC[C@H](c2ccc3scnc3c2)N(C(=O)C(=O)Nc2ncccc2C(N)=O)C1. The van der Waals surface area contributed by atoms with Gasteiger partial charge in [0, 0.05) is 12.7 Å². The van der Waals surface area contributed by atoms with Crippen molar-refractivity contribution in [3.05, 3.63) is 53.2 Å². The zero-order chi connectivity index (χ0) is 21.3. The van der Waals surface area contributed by atoms with Crippen LogP contribution in [-0.4, -0.2) is 39.1 Å². The number of aromatic nitrogens is 2. The molecule has 1 aromatic carbocycles. The van der Waals surface area contributed by atoms with Crippen molar-refractivity contribution in [3.8, 4) is 0 Å². The van der Waals surface area contributed by atoms with Gasteiger partial charge in [0.15, 0.2) is 0 Å². The fraction of sp³-hybridized carbons (Fsp3) is 0.286. The fourth-order valence-electron chi connectivity index (χ4n) is 3.80. The van der Waals surface area contributed by atoms with E-state index in [1.807, 2.05) is 18.2 Å². The molecule has 4 rings (SSSR count). The Balaban J connectivity index is 1.59. The van der Waals surface area contributed by atoms with Crippen LogP contribution < -0.4 is 11.1 Å². The van der Waals surface area contributed by atoms with Crippen molar-refractivity contribution in [1.82, 2.24) is 14.9 Å². The van der Waals surface area contributed by atoms with Crippen molar-refractivity contribution in [1.29, 1.82) is 0 Å². The number of benzene rings is 1. The van der Waals surface area contributed by atoms with E-state index < -0.39 is 17.7 Å². The summed E-state index contributed by atoms with van der Waals surface area (Å²) in [7, 11) is 0. The lowest BCUT2D eigenvalue weighted by atomic mass is 9.89. The number of primary amides is 1. The lowest BCUT2D eigenvalue weighted by Crippen LogP contribution is -2.46. The number of hydrogen-bond acceptors (Lipinski definition) is 6. The number of nitrogens with zero attached hydrogens (tertiary/aromatic N) is 3. The molecule has 3 aromatic rings. The molecule has 0 bridgehead atoms. The number of pyridine rings is 1. The van der Waals surface area contributed by atoms with Crippen LogP contribution in [0.5, 0.6) is 0 Å². The Labute approximate surface area is 177 Å². The zero-order valence-electron chi connectivity index (χ0n) is 16.4. The van der Waals surface area contributed by atoms with Gasteiger partial charge in [-0.05, 0) is 48.6 Å². The summed E-state index contributed by atoms with van der Waals surface area (Å²) in [5.74, 6) is -1.98. The molecule has 0 radical (unpaired) electrons. The molecule has 2 aromatic heterocycles. The molecule has 0 spiro atoms. The lowest BCUT2D eigenvalue weighted by molar-refractivity contribution is -0.146.